The molecule has 2 rings (SSSR count). The standard InChI is InChI=1S/C16H15FN2O2/c1-11(20)13-3-2-4-15(9-13)19-16(21)18-10-12-5-7-14(17)8-6-12/h2-9H,10H2,1H3,(H2,18,19,21). The molecule has 5 heteroatoms. The van der Waals surface area contributed by atoms with E-state index in [-0.39, 0.29) is 17.6 Å². The minimum absolute atomic E-state index is 0.0645. The summed E-state index contributed by atoms with van der Waals surface area (Å²) < 4.78 is 12.7. The lowest BCUT2D eigenvalue weighted by atomic mass is 10.1. The quantitative estimate of drug-likeness (QED) is 0.847. The molecular formula is C16H15FN2O2. The Kier molecular flexibility index (Phi) is 4.66. The molecule has 0 spiro atoms. The third kappa shape index (κ3) is 4.42. The van der Waals surface area contributed by atoms with E-state index in [1.165, 1.54) is 19.1 Å². The number of carbonyl (C=O) groups excluding carboxylic acids is 2. The van der Waals surface area contributed by atoms with Crippen molar-refractivity contribution < 1.29 is 14.0 Å². The summed E-state index contributed by atoms with van der Waals surface area (Å²) in [6, 6.07) is 12.2. The lowest BCUT2D eigenvalue weighted by Crippen LogP contribution is -2.28. The third-order valence-electron chi connectivity index (χ3n) is 2.89. The zero-order valence-corrected chi connectivity index (χ0v) is 11.5. The molecule has 2 amide bonds. The molecule has 21 heavy (non-hydrogen) atoms. The summed E-state index contributed by atoms with van der Waals surface area (Å²) in [4.78, 5) is 23.0. The summed E-state index contributed by atoms with van der Waals surface area (Å²) in [7, 11) is 0. The molecule has 0 saturated heterocycles. The predicted molar refractivity (Wildman–Crippen MR) is 78.7 cm³/mol. The van der Waals surface area contributed by atoms with E-state index in [0.29, 0.717) is 17.8 Å². The Bertz CT molecular complexity index is 654. The number of nitrogens with one attached hydrogen (secondary N) is 2. The minimum atomic E-state index is -0.389. The average Bonchev–Trinajstić information content (AvgIpc) is 2.47. The number of hydrogen-bond acceptors (Lipinski definition) is 2. The van der Waals surface area contributed by atoms with Gasteiger partial charge >= 0.3 is 6.03 Å². The molecule has 2 aromatic carbocycles. The molecule has 0 aromatic heterocycles. The summed E-state index contributed by atoms with van der Waals surface area (Å²) in [6.07, 6.45) is 0. The predicted octanol–water partition coefficient (Wildman–Crippen LogP) is 3.35. The van der Waals surface area contributed by atoms with Crippen LogP contribution in [0.3, 0.4) is 0 Å². The Hall–Kier alpha value is -2.69. The van der Waals surface area contributed by atoms with Crippen LogP contribution in [0, 0.1) is 5.82 Å². The number of urea groups is 1. The fourth-order valence-electron chi connectivity index (χ4n) is 1.78. The first-order chi connectivity index (χ1) is 10.0. The van der Waals surface area contributed by atoms with Crippen LogP contribution in [0.5, 0.6) is 0 Å². The number of carbonyl (C=O) groups is 2. The highest BCUT2D eigenvalue weighted by molar-refractivity contribution is 5.96. The van der Waals surface area contributed by atoms with Gasteiger partial charge in [-0.15, -0.1) is 0 Å². The number of hydrogen-bond donors (Lipinski definition) is 2. The highest BCUT2D eigenvalue weighted by Crippen LogP contribution is 2.11. The van der Waals surface area contributed by atoms with Gasteiger partial charge < -0.3 is 10.6 Å². The minimum Gasteiger partial charge on any atom is -0.334 e. The summed E-state index contributed by atoms with van der Waals surface area (Å²) in [5.41, 5.74) is 1.87. The second-order valence-corrected chi connectivity index (χ2v) is 4.57. The summed E-state index contributed by atoms with van der Waals surface area (Å²) >= 11 is 0. The van der Waals surface area contributed by atoms with Crippen LogP contribution in [-0.2, 0) is 6.54 Å². The second kappa shape index (κ2) is 6.65. The van der Waals surface area contributed by atoms with E-state index in [0.717, 1.165) is 5.56 Å². The fourth-order valence-corrected chi connectivity index (χ4v) is 1.78. The van der Waals surface area contributed by atoms with Gasteiger partial charge in [0.05, 0.1) is 0 Å². The largest absolute Gasteiger partial charge is 0.334 e. The molecule has 0 radical (unpaired) electrons. The first kappa shape index (κ1) is 14.7. The number of ketones is 1. The van der Waals surface area contributed by atoms with Gasteiger partial charge in [0.2, 0.25) is 0 Å². The van der Waals surface area contributed by atoms with Crippen molar-refractivity contribution in [2.24, 2.45) is 0 Å². The maximum absolute atomic E-state index is 12.7. The number of benzene rings is 2. The molecule has 0 unspecified atom stereocenters. The molecule has 0 atom stereocenters. The first-order valence-electron chi connectivity index (χ1n) is 6.45. The van der Waals surface area contributed by atoms with Gasteiger partial charge in [-0.05, 0) is 36.8 Å². The van der Waals surface area contributed by atoms with Crippen molar-refractivity contribution in [3.63, 3.8) is 0 Å². The van der Waals surface area contributed by atoms with Gasteiger partial charge in [0.15, 0.2) is 5.78 Å². The maximum atomic E-state index is 12.7. The first-order valence-corrected chi connectivity index (χ1v) is 6.45. The summed E-state index contributed by atoms with van der Waals surface area (Å²) in [5, 5.41) is 5.30. The van der Waals surface area contributed by atoms with E-state index in [4.69, 9.17) is 0 Å². The Morgan fingerprint density at radius 2 is 1.81 bits per heavy atom. The normalized spacial score (nSPS) is 10.0. The van der Waals surface area contributed by atoms with Crippen molar-refractivity contribution in [3.05, 3.63) is 65.5 Å². The zero-order chi connectivity index (χ0) is 15.2. The van der Waals surface area contributed by atoms with Crippen LogP contribution in [0.1, 0.15) is 22.8 Å². The maximum Gasteiger partial charge on any atom is 0.319 e. The van der Waals surface area contributed by atoms with E-state index in [2.05, 4.69) is 10.6 Å². The number of rotatable bonds is 4. The summed E-state index contributed by atoms with van der Waals surface area (Å²) in [5.74, 6) is -0.380. The molecule has 0 aliphatic carbocycles. The average molecular weight is 286 g/mol. The lowest BCUT2D eigenvalue weighted by Gasteiger charge is -2.08. The molecule has 2 aromatic rings. The SMILES string of the molecule is CC(=O)c1cccc(NC(=O)NCc2ccc(F)cc2)c1. The third-order valence-corrected chi connectivity index (χ3v) is 2.89. The molecule has 0 bridgehead atoms. The van der Waals surface area contributed by atoms with Crippen molar-refractivity contribution >= 4 is 17.5 Å². The van der Waals surface area contributed by atoms with Crippen LogP contribution >= 0.6 is 0 Å². The molecule has 0 aliphatic rings. The van der Waals surface area contributed by atoms with Gasteiger partial charge in [-0.1, -0.05) is 24.3 Å². The van der Waals surface area contributed by atoms with Crippen molar-refractivity contribution in [3.8, 4) is 0 Å². The van der Waals surface area contributed by atoms with Crippen LogP contribution in [-0.4, -0.2) is 11.8 Å². The van der Waals surface area contributed by atoms with Gasteiger partial charge in [0.1, 0.15) is 5.82 Å². The van der Waals surface area contributed by atoms with Crippen LogP contribution in [0.15, 0.2) is 48.5 Å². The van der Waals surface area contributed by atoms with Crippen LogP contribution in [0.2, 0.25) is 0 Å². The van der Waals surface area contributed by atoms with Crippen molar-refractivity contribution in [2.75, 3.05) is 5.32 Å². The lowest BCUT2D eigenvalue weighted by molar-refractivity contribution is 0.101. The van der Waals surface area contributed by atoms with Crippen LogP contribution < -0.4 is 10.6 Å². The van der Waals surface area contributed by atoms with Crippen LogP contribution in [0.4, 0.5) is 14.9 Å². The molecule has 0 heterocycles. The van der Waals surface area contributed by atoms with Crippen molar-refractivity contribution in [2.45, 2.75) is 13.5 Å². The Morgan fingerprint density at radius 1 is 1.10 bits per heavy atom. The summed E-state index contributed by atoms with van der Waals surface area (Å²) in [6.45, 7) is 1.76. The Morgan fingerprint density at radius 3 is 2.48 bits per heavy atom. The number of anilines is 1. The van der Waals surface area contributed by atoms with E-state index >= 15 is 0 Å². The molecular weight excluding hydrogens is 271 g/mol. The topological polar surface area (TPSA) is 58.2 Å². The highest BCUT2D eigenvalue weighted by Gasteiger charge is 2.04. The second-order valence-electron chi connectivity index (χ2n) is 4.57. The van der Waals surface area contributed by atoms with Gasteiger partial charge in [-0.3, -0.25) is 4.79 Å². The van der Waals surface area contributed by atoms with Crippen LogP contribution in [0.25, 0.3) is 0 Å². The number of halogens is 1. The van der Waals surface area contributed by atoms with Gasteiger partial charge in [-0.25, -0.2) is 9.18 Å². The Labute approximate surface area is 122 Å². The van der Waals surface area contributed by atoms with Gasteiger partial charge in [0.25, 0.3) is 0 Å². The zero-order valence-electron chi connectivity index (χ0n) is 11.5. The van der Waals surface area contributed by atoms with E-state index < -0.39 is 0 Å². The van der Waals surface area contributed by atoms with E-state index in [9.17, 15) is 14.0 Å². The Balaban J connectivity index is 1.91. The monoisotopic (exact) mass is 286 g/mol. The molecule has 108 valence electrons. The van der Waals surface area contributed by atoms with Crippen molar-refractivity contribution in [1.29, 1.82) is 0 Å². The van der Waals surface area contributed by atoms with Gasteiger partial charge in [0, 0.05) is 17.8 Å². The fraction of sp³-hybridized carbons (Fsp3) is 0.125. The number of amides is 2. The number of Topliss-reactive ketones (excluding diaryl/α,β-unsaturated/α-hetero) is 1. The molecule has 4 nitrogen and oxygen atoms in total. The molecule has 0 fully saturated rings. The molecule has 0 saturated carbocycles. The highest BCUT2D eigenvalue weighted by atomic mass is 19.1. The van der Waals surface area contributed by atoms with Crippen molar-refractivity contribution in [1.82, 2.24) is 5.32 Å². The van der Waals surface area contributed by atoms with E-state index in [1.54, 1.807) is 36.4 Å². The van der Waals surface area contributed by atoms with E-state index in [1.807, 2.05) is 0 Å². The molecule has 2 N–H and O–H groups in total. The smallest absolute Gasteiger partial charge is 0.319 e. The molecule has 0 aliphatic heterocycles. The van der Waals surface area contributed by atoms with Gasteiger partial charge in [-0.2, -0.15) is 0 Å².